The van der Waals surface area contributed by atoms with Crippen LogP contribution in [0.4, 0.5) is 0 Å². The topological polar surface area (TPSA) is 160 Å². The van der Waals surface area contributed by atoms with E-state index >= 15 is 0 Å². The predicted molar refractivity (Wildman–Crippen MR) is 401 cm³/mol. The number of rotatable bonds is 44. The molecular weight excluding hydrogens is 1180 g/mol. The van der Waals surface area contributed by atoms with Crippen molar-refractivity contribution < 1.29 is 19.1 Å². The third-order valence-electron chi connectivity index (χ3n) is 19.0. The Bertz CT molecular complexity index is 3450. The van der Waals surface area contributed by atoms with Gasteiger partial charge in [-0.15, -0.1) is 0 Å². The second-order valence-electron chi connectivity index (χ2n) is 26.7. The second kappa shape index (κ2) is 40.4. The Labute approximate surface area is 573 Å². The van der Waals surface area contributed by atoms with Crippen molar-refractivity contribution in [2.75, 3.05) is 13.1 Å². The largest absolute Gasteiger partial charge is 0.481 e. The van der Waals surface area contributed by atoms with E-state index in [1.54, 1.807) is 0 Å². The molecule has 2 aliphatic heterocycles. The summed E-state index contributed by atoms with van der Waals surface area (Å²) in [4.78, 5) is 54.1. The van der Waals surface area contributed by atoms with E-state index in [1.165, 1.54) is 180 Å². The number of nitrogens with one attached hydrogen (secondary N) is 4. The number of carbonyl (C=O) groups excluding carboxylic acids is 2. The van der Waals surface area contributed by atoms with Crippen molar-refractivity contribution >= 4 is 58.2 Å². The number of nitrogens with zero attached hydrogens (tertiary/aromatic N) is 4. The number of unbranched alkanes of at least 4 members (excludes halogenated alkanes) is 30. The highest BCUT2D eigenvalue weighted by molar-refractivity contribution is 6.00. The van der Waals surface area contributed by atoms with Crippen LogP contribution in [-0.4, -0.2) is 67.0 Å². The number of H-pyrrole nitrogens is 2. The predicted octanol–water partition coefficient (Wildman–Crippen LogP) is 22.4. The van der Waals surface area contributed by atoms with Crippen molar-refractivity contribution in [3.63, 3.8) is 0 Å². The Balaban J connectivity index is 0.887. The summed E-state index contributed by atoms with van der Waals surface area (Å²) in [6.07, 6.45) is 56.3. The summed E-state index contributed by atoms with van der Waals surface area (Å²) in [6, 6.07) is 32.4. The molecule has 8 bridgehead atoms. The van der Waals surface area contributed by atoms with Crippen LogP contribution < -0.4 is 20.1 Å². The molecule has 9 rings (SSSR count). The fourth-order valence-corrected chi connectivity index (χ4v) is 13.4. The highest BCUT2D eigenvalue weighted by Gasteiger charge is 2.21. The summed E-state index contributed by atoms with van der Waals surface area (Å²) in [7, 11) is 0. The number of hydrogen-bond acceptors (Lipinski definition) is 8. The first-order chi connectivity index (χ1) is 47.3. The average molecular weight is 1300 g/mol. The van der Waals surface area contributed by atoms with Crippen LogP contribution in [0.1, 0.15) is 256 Å². The molecule has 0 saturated carbocycles. The molecule has 7 heterocycles. The summed E-state index contributed by atoms with van der Waals surface area (Å²) >= 11 is 0. The molecule has 0 spiro atoms. The minimum absolute atomic E-state index is 0.116. The molecule has 2 aromatic carbocycles. The number of hydrogen-bond donors (Lipinski definition) is 4. The molecule has 7 aromatic rings. The van der Waals surface area contributed by atoms with Crippen LogP contribution in [0.15, 0.2) is 122 Å². The van der Waals surface area contributed by atoms with Gasteiger partial charge in [0.15, 0.2) is 12.2 Å². The number of aromatic nitrogens is 6. The standard InChI is InChI=1S/C84H110N8O4/c1-5-7-9-11-13-15-17-19-21-23-25-27-29-31-33-35-57-87-83(93)63(3)95-69-41-37-65(38-42-69)79-71-45-46-72(89-71)80(66-39-43-70(44-40-66)96-64(4)84(94)88-58-36-34-32-30-28-26-24-22-20-18-16-14-12-10-8-6-2)74-48-50-76(91-74)82(68-55-61-86-62-56-68)78-52-51-77(92-78)81(67-53-59-85-60-54-67)75-49-47-73(79)90-75/h37-56,59-64,89,92H,5-36,57-58H2,1-4H3,(H,87,93)(H,88,94)/t63-,64-/m1/s1. The van der Waals surface area contributed by atoms with Crippen molar-refractivity contribution in [2.45, 2.75) is 245 Å². The number of benzene rings is 2. The lowest BCUT2D eigenvalue weighted by atomic mass is 10.0. The maximum absolute atomic E-state index is 13.4. The van der Waals surface area contributed by atoms with Crippen molar-refractivity contribution in [3.05, 3.63) is 145 Å². The maximum atomic E-state index is 13.4. The van der Waals surface area contributed by atoms with E-state index in [4.69, 9.17) is 19.4 Å². The van der Waals surface area contributed by atoms with Crippen molar-refractivity contribution in [1.29, 1.82) is 0 Å². The fourth-order valence-electron chi connectivity index (χ4n) is 13.4. The van der Waals surface area contributed by atoms with E-state index in [-0.39, 0.29) is 11.8 Å². The highest BCUT2D eigenvalue weighted by atomic mass is 16.5. The molecule has 5 aromatic heterocycles. The molecule has 96 heavy (non-hydrogen) atoms. The molecule has 510 valence electrons. The normalized spacial score (nSPS) is 12.5. The molecule has 0 aliphatic carbocycles. The number of amides is 2. The lowest BCUT2D eigenvalue weighted by Gasteiger charge is -2.15. The van der Waals surface area contributed by atoms with E-state index in [1.807, 2.05) is 111 Å². The quantitative estimate of drug-likeness (QED) is 0.0275. The summed E-state index contributed by atoms with van der Waals surface area (Å²) in [5, 5.41) is 6.25. The first kappa shape index (κ1) is 72.2. The summed E-state index contributed by atoms with van der Waals surface area (Å²) in [5.41, 5.74) is 13.9. The molecule has 4 N–H and O–H groups in total. The molecule has 2 aliphatic rings. The molecule has 0 radical (unpaired) electrons. The van der Waals surface area contributed by atoms with Gasteiger partial charge >= 0.3 is 0 Å². The monoisotopic (exact) mass is 1290 g/mol. The van der Waals surface area contributed by atoms with Gasteiger partial charge in [0.25, 0.3) is 11.8 Å². The maximum Gasteiger partial charge on any atom is 0.260 e. The summed E-state index contributed by atoms with van der Waals surface area (Å²) in [6.45, 7) is 9.48. The Hall–Kier alpha value is -8.12. The van der Waals surface area contributed by atoms with E-state index in [9.17, 15) is 9.59 Å². The van der Waals surface area contributed by atoms with Gasteiger partial charge in [0, 0.05) is 82.2 Å². The highest BCUT2D eigenvalue weighted by Crippen LogP contribution is 2.39. The Morgan fingerprint density at radius 2 is 0.573 bits per heavy atom. The van der Waals surface area contributed by atoms with Gasteiger partial charge in [-0.3, -0.25) is 19.6 Å². The first-order valence-corrected chi connectivity index (χ1v) is 37.3. The van der Waals surface area contributed by atoms with Crippen molar-refractivity contribution in [2.24, 2.45) is 0 Å². The Morgan fingerprint density at radius 3 is 0.833 bits per heavy atom. The van der Waals surface area contributed by atoms with E-state index < -0.39 is 12.2 Å². The van der Waals surface area contributed by atoms with Gasteiger partial charge in [-0.05, 0) is 146 Å². The van der Waals surface area contributed by atoms with Crippen LogP contribution >= 0.6 is 0 Å². The lowest BCUT2D eigenvalue weighted by molar-refractivity contribution is -0.127. The van der Waals surface area contributed by atoms with Gasteiger partial charge in [0.05, 0.1) is 22.8 Å². The molecule has 12 heteroatoms. The number of pyridine rings is 2. The fraction of sp³-hybridized carbons (Fsp3) is 0.476. The Kier molecular flexibility index (Phi) is 30.4. The van der Waals surface area contributed by atoms with Crippen LogP contribution in [0.25, 0.3) is 90.9 Å². The SMILES string of the molecule is CCCCCCCCCCCCCCCCCCNC(=O)[C@@H](C)Oc1ccc(-c2c3nc(c(-c4ccncc4)c4ccc([nH]4)c(-c4ccncc4)c4nc(c(-c5ccc(O[C@H](C)C(=O)NCCCCCCCCCCCCCCCCCC)cc5)c5ccc2[nH]5)C=C4)C=C3)cc1. The zero-order chi connectivity index (χ0) is 66.8. The molecule has 2 amide bonds. The third-order valence-corrected chi connectivity index (χ3v) is 19.0. The number of aromatic amines is 2. The molecule has 0 fully saturated rings. The molecule has 0 saturated heterocycles. The number of carbonyl (C=O) groups is 2. The van der Waals surface area contributed by atoms with Crippen LogP contribution in [-0.2, 0) is 9.59 Å². The van der Waals surface area contributed by atoms with Crippen LogP contribution in [0.5, 0.6) is 11.5 Å². The van der Waals surface area contributed by atoms with E-state index in [0.717, 1.165) is 115 Å². The van der Waals surface area contributed by atoms with Gasteiger partial charge in [0.1, 0.15) is 11.5 Å². The van der Waals surface area contributed by atoms with Gasteiger partial charge in [0.2, 0.25) is 0 Å². The van der Waals surface area contributed by atoms with Gasteiger partial charge in [-0.2, -0.15) is 0 Å². The number of fused-ring (bicyclic) bond motifs is 8. The van der Waals surface area contributed by atoms with E-state index in [2.05, 4.69) is 93.0 Å². The third kappa shape index (κ3) is 22.5. The zero-order valence-corrected chi connectivity index (χ0v) is 58.5. The van der Waals surface area contributed by atoms with Crippen LogP contribution in [0.3, 0.4) is 0 Å². The minimum atomic E-state index is -0.669. The zero-order valence-electron chi connectivity index (χ0n) is 58.5. The minimum Gasteiger partial charge on any atom is -0.481 e. The smallest absolute Gasteiger partial charge is 0.260 e. The first-order valence-electron chi connectivity index (χ1n) is 37.3. The second-order valence-corrected chi connectivity index (χ2v) is 26.7. The van der Waals surface area contributed by atoms with Crippen LogP contribution in [0, 0.1) is 0 Å². The number of ether oxygens (including phenoxy) is 2. The summed E-state index contributed by atoms with van der Waals surface area (Å²) < 4.78 is 12.6. The Morgan fingerprint density at radius 1 is 0.333 bits per heavy atom. The van der Waals surface area contributed by atoms with Gasteiger partial charge in [-0.1, -0.05) is 231 Å². The molecule has 2 atom stereocenters. The van der Waals surface area contributed by atoms with Crippen LogP contribution in [0.2, 0.25) is 0 Å². The van der Waals surface area contributed by atoms with Gasteiger partial charge in [-0.25, -0.2) is 9.97 Å². The van der Waals surface area contributed by atoms with Crippen molar-refractivity contribution in [1.82, 2.24) is 40.5 Å². The van der Waals surface area contributed by atoms with Crippen molar-refractivity contribution in [3.8, 4) is 56.0 Å². The molecule has 12 nitrogen and oxygen atoms in total. The molecular formula is C84H110N8O4. The lowest BCUT2D eigenvalue weighted by Crippen LogP contribution is -2.36. The molecule has 0 unspecified atom stereocenters. The van der Waals surface area contributed by atoms with E-state index in [0.29, 0.717) is 24.6 Å². The summed E-state index contributed by atoms with van der Waals surface area (Å²) in [5.74, 6) is 0.966. The van der Waals surface area contributed by atoms with Gasteiger partial charge < -0.3 is 30.1 Å². The average Bonchev–Trinajstić information content (AvgIpc) is 1.62.